The molecule has 29 heavy (non-hydrogen) atoms. The van der Waals surface area contributed by atoms with Crippen LogP contribution in [0, 0.1) is 12.2 Å². The summed E-state index contributed by atoms with van der Waals surface area (Å²) in [5, 5.41) is 2.90. The molecule has 0 atom stereocenters. The summed E-state index contributed by atoms with van der Waals surface area (Å²) in [6.45, 7) is 6.44. The van der Waals surface area contributed by atoms with E-state index in [0.717, 1.165) is 12.8 Å². The van der Waals surface area contributed by atoms with E-state index in [-0.39, 0.29) is 60.5 Å². The van der Waals surface area contributed by atoms with Gasteiger partial charge in [-0.1, -0.05) is 84.9 Å². The monoisotopic (exact) mass is 515 g/mol. The van der Waals surface area contributed by atoms with Crippen LogP contribution in [-0.4, -0.2) is 9.52 Å². The van der Waals surface area contributed by atoms with Gasteiger partial charge in [0.1, 0.15) is 9.52 Å². The second-order valence-electron chi connectivity index (χ2n) is 6.35. The van der Waals surface area contributed by atoms with Gasteiger partial charge in [-0.15, -0.1) is 19.8 Å². The van der Waals surface area contributed by atoms with E-state index in [2.05, 4.69) is 99.7 Å². The van der Waals surface area contributed by atoms with Gasteiger partial charge in [0.15, 0.2) is 0 Å². The molecule has 0 nitrogen and oxygen atoms in total. The Bertz CT molecular complexity index is 741. The molecule has 2 aromatic rings. The zero-order valence-electron chi connectivity index (χ0n) is 17.3. The minimum absolute atomic E-state index is 0. The maximum atomic E-state index is 3.26. The minimum atomic E-state index is 0. The van der Waals surface area contributed by atoms with E-state index in [9.17, 15) is 0 Å². The van der Waals surface area contributed by atoms with Crippen molar-refractivity contribution in [2.45, 2.75) is 33.6 Å². The Morgan fingerprint density at radius 1 is 0.793 bits per heavy atom. The zero-order valence-corrected chi connectivity index (χ0v) is 22.4. The van der Waals surface area contributed by atoms with Crippen LogP contribution in [0.4, 0.5) is 0 Å². The van der Waals surface area contributed by atoms with Gasteiger partial charge in [0.2, 0.25) is 0 Å². The van der Waals surface area contributed by atoms with Gasteiger partial charge in [0, 0.05) is 0 Å². The molecule has 149 valence electrons. The van der Waals surface area contributed by atoms with Crippen molar-refractivity contribution >= 4 is 19.9 Å². The molecule has 0 amide bonds. The molecular formula is C25H27Cl2SiZr. The first-order chi connectivity index (χ1) is 12.7. The van der Waals surface area contributed by atoms with Crippen molar-refractivity contribution in [3.63, 3.8) is 0 Å². The van der Waals surface area contributed by atoms with Crippen LogP contribution >= 0.6 is 0 Å². The predicted octanol–water partition coefficient (Wildman–Crippen LogP) is -1.14. The number of halogens is 2. The van der Waals surface area contributed by atoms with Crippen LogP contribution in [0.25, 0.3) is 0 Å². The van der Waals surface area contributed by atoms with Crippen LogP contribution in [0.3, 0.4) is 0 Å². The summed E-state index contributed by atoms with van der Waals surface area (Å²) in [7, 11) is 0.271. The average molecular weight is 518 g/mol. The fourth-order valence-corrected chi connectivity index (χ4v) is 3.70. The summed E-state index contributed by atoms with van der Waals surface area (Å²) in [5.41, 5.74) is 4.25. The van der Waals surface area contributed by atoms with E-state index >= 15 is 0 Å². The molecule has 0 unspecified atom stereocenters. The van der Waals surface area contributed by atoms with Gasteiger partial charge < -0.3 is 24.8 Å². The van der Waals surface area contributed by atoms with Crippen LogP contribution in [0.5, 0.6) is 0 Å². The van der Waals surface area contributed by atoms with Gasteiger partial charge in [0.05, 0.1) is 0 Å². The van der Waals surface area contributed by atoms with Gasteiger partial charge in [-0.3, -0.25) is 12.2 Å². The van der Waals surface area contributed by atoms with Crippen molar-refractivity contribution in [2.75, 3.05) is 0 Å². The Balaban J connectivity index is 0. The molecule has 0 bridgehead atoms. The Hall–Kier alpha value is -0.920. The molecule has 4 heteroatoms. The third-order valence-corrected chi connectivity index (χ3v) is 5.78. The normalized spacial score (nSPS) is 12.9. The number of benzene rings is 2. The molecule has 0 saturated heterocycles. The van der Waals surface area contributed by atoms with Crippen LogP contribution < -0.4 is 35.2 Å². The van der Waals surface area contributed by atoms with E-state index < -0.39 is 0 Å². The third-order valence-electron chi connectivity index (χ3n) is 4.34. The van der Waals surface area contributed by atoms with Crippen LogP contribution in [-0.2, 0) is 26.2 Å². The fourth-order valence-electron chi connectivity index (χ4n) is 2.48. The molecule has 1 radical (unpaired) electrons. The fraction of sp³-hybridized carbons (Fsp3) is 0.200. The van der Waals surface area contributed by atoms with Crippen molar-refractivity contribution in [3.05, 3.63) is 108 Å². The summed E-state index contributed by atoms with van der Waals surface area (Å²) in [6, 6.07) is 21.3. The smallest absolute Gasteiger partial charge is 1.00 e. The van der Waals surface area contributed by atoms with E-state index in [1.54, 1.807) is 0 Å². The first-order valence-corrected chi connectivity index (χ1v) is 10.2. The largest absolute Gasteiger partial charge is 4.00 e. The van der Waals surface area contributed by atoms with Gasteiger partial charge in [-0.2, -0.15) is 17.2 Å². The summed E-state index contributed by atoms with van der Waals surface area (Å²) in [6.07, 6.45) is 14.3. The van der Waals surface area contributed by atoms with Crippen molar-refractivity contribution in [2.24, 2.45) is 0 Å². The summed E-state index contributed by atoms with van der Waals surface area (Å²) in [5.74, 6) is 0. The molecule has 2 aromatic carbocycles. The molecule has 0 fully saturated rings. The van der Waals surface area contributed by atoms with E-state index in [1.807, 2.05) is 12.2 Å². The quantitative estimate of drug-likeness (QED) is 0.349. The van der Waals surface area contributed by atoms with Crippen LogP contribution in [0.15, 0.2) is 95.6 Å². The second-order valence-corrected chi connectivity index (χ2v) is 7.97. The first kappa shape index (κ1) is 30.3. The zero-order chi connectivity index (χ0) is 18.6. The van der Waals surface area contributed by atoms with Crippen molar-refractivity contribution < 1.29 is 51.0 Å². The van der Waals surface area contributed by atoms with Gasteiger partial charge >= 0.3 is 26.2 Å². The Labute approximate surface area is 211 Å². The van der Waals surface area contributed by atoms with Gasteiger partial charge in [-0.25, -0.2) is 17.7 Å². The van der Waals surface area contributed by atoms with E-state index in [1.165, 1.54) is 27.1 Å². The predicted molar refractivity (Wildman–Crippen MR) is 116 cm³/mol. The Morgan fingerprint density at radius 3 is 1.55 bits per heavy atom. The van der Waals surface area contributed by atoms with Gasteiger partial charge in [0.25, 0.3) is 0 Å². The Morgan fingerprint density at radius 2 is 1.31 bits per heavy atom. The summed E-state index contributed by atoms with van der Waals surface area (Å²) >= 11 is 0. The van der Waals surface area contributed by atoms with Crippen LogP contribution in [0.2, 0.25) is 0 Å². The van der Waals surface area contributed by atoms with Crippen LogP contribution in [0.1, 0.15) is 33.6 Å². The molecule has 0 N–H and O–H groups in total. The molecule has 0 saturated carbocycles. The standard InChI is InChI=1S/C12H11Si.C8H11.C5H5.2ClH.Zr/c1-3-7-11(8-4-1)13-12-9-5-2-6-10-12;1-6-4-5-7(2)8(6)3;1-2-4-5-3-1;;;/h1-10,13H;4H2,1-3H3;1-3H,4H2;2*1H;/q;2*-1;;;+4/p-2. The summed E-state index contributed by atoms with van der Waals surface area (Å²) in [4.78, 5) is 0. The van der Waals surface area contributed by atoms with Gasteiger partial charge in [-0.05, 0) is 0 Å². The number of hydrogen-bond donors (Lipinski definition) is 0. The van der Waals surface area contributed by atoms with Crippen molar-refractivity contribution in [3.8, 4) is 0 Å². The SMILES string of the molecule is CC1=[C-]CC(C)=C1C.[C-]1=CC=CC1.[Cl-].[Cl-].[Zr+4].c1ccc([SiH]c2ccccc2)cc1. The molecule has 0 heterocycles. The number of hydrogen-bond acceptors (Lipinski definition) is 0. The van der Waals surface area contributed by atoms with Crippen molar-refractivity contribution in [1.29, 1.82) is 0 Å². The maximum absolute atomic E-state index is 3.26. The molecule has 0 spiro atoms. The number of allylic oxidation sites excluding steroid dienone is 8. The minimum Gasteiger partial charge on any atom is -1.00 e. The number of rotatable bonds is 2. The first-order valence-electron chi connectivity index (χ1n) is 9.07. The second kappa shape index (κ2) is 17.9. The molecule has 0 aromatic heterocycles. The molecule has 2 aliphatic rings. The van der Waals surface area contributed by atoms with E-state index in [4.69, 9.17) is 0 Å². The molecule has 4 rings (SSSR count). The molecular weight excluding hydrogens is 490 g/mol. The van der Waals surface area contributed by atoms with Crippen molar-refractivity contribution in [1.82, 2.24) is 0 Å². The van der Waals surface area contributed by atoms with E-state index in [0.29, 0.717) is 0 Å². The Kier molecular flexibility index (Phi) is 18.7. The maximum Gasteiger partial charge on any atom is 4.00 e. The molecule has 0 aliphatic heterocycles. The topological polar surface area (TPSA) is 0 Å². The molecule has 2 aliphatic carbocycles. The average Bonchev–Trinajstić information content (AvgIpc) is 3.35. The summed E-state index contributed by atoms with van der Waals surface area (Å²) < 4.78 is 0. The third kappa shape index (κ3) is 12.4.